The van der Waals surface area contributed by atoms with E-state index in [-0.39, 0.29) is 6.04 Å². The van der Waals surface area contributed by atoms with Crippen LogP contribution >= 0.6 is 0 Å². The molecule has 0 aromatic carbocycles. The number of hydrogen-bond acceptors (Lipinski definition) is 4. The first-order valence-electron chi connectivity index (χ1n) is 8.41. The summed E-state index contributed by atoms with van der Waals surface area (Å²) in [5, 5.41) is 4.76. The van der Waals surface area contributed by atoms with E-state index in [0.717, 1.165) is 38.2 Å². The molecule has 1 unspecified atom stereocenters. The van der Waals surface area contributed by atoms with Gasteiger partial charge in [0, 0.05) is 31.9 Å². The molecule has 120 valence electrons. The van der Waals surface area contributed by atoms with E-state index in [1.807, 2.05) is 6.92 Å². The SMILES string of the molecule is CCOCCCC(Cc1ccn(C2CCCCC2)n1)NN. The average Bonchev–Trinajstić information content (AvgIpc) is 3.00. The zero-order valence-corrected chi connectivity index (χ0v) is 13.3. The molecule has 2 rings (SSSR count). The maximum absolute atomic E-state index is 5.66. The normalized spacial score (nSPS) is 18.0. The maximum atomic E-state index is 5.66. The van der Waals surface area contributed by atoms with Crippen LogP contribution in [0.2, 0.25) is 0 Å². The van der Waals surface area contributed by atoms with Gasteiger partial charge in [-0.2, -0.15) is 5.10 Å². The highest BCUT2D eigenvalue weighted by Crippen LogP contribution is 2.27. The Kier molecular flexibility index (Phi) is 7.19. The van der Waals surface area contributed by atoms with E-state index in [1.54, 1.807) is 0 Å². The van der Waals surface area contributed by atoms with Crippen molar-refractivity contribution in [2.24, 2.45) is 5.84 Å². The minimum absolute atomic E-state index is 0.278. The minimum Gasteiger partial charge on any atom is -0.382 e. The standard InChI is InChI=1S/C16H30N4O/c1-2-21-12-6-7-14(18-17)13-15-10-11-20(19-15)16-8-4-3-5-9-16/h10-11,14,16,18H,2-9,12-13,17H2,1H3. The lowest BCUT2D eigenvalue weighted by atomic mass is 9.96. The van der Waals surface area contributed by atoms with Crippen molar-refractivity contribution in [1.29, 1.82) is 0 Å². The van der Waals surface area contributed by atoms with Gasteiger partial charge in [0.2, 0.25) is 0 Å². The van der Waals surface area contributed by atoms with Gasteiger partial charge in [0.05, 0.1) is 11.7 Å². The fourth-order valence-corrected chi connectivity index (χ4v) is 3.11. The van der Waals surface area contributed by atoms with Crippen molar-refractivity contribution < 1.29 is 4.74 Å². The average molecular weight is 294 g/mol. The lowest BCUT2D eigenvalue weighted by Gasteiger charge is -2.22. The highest BCUT2D eigenvalue weighted by Gasteiger charge is 2.17. The fourth-order valence-electron chi connectivity index (χ4n) is 3.11. The Labute approximate surface area is 128 Å². The molecule has 1 fully saturated rings. The largest absolute Gasteiger partial charge is 0.382 e. The van der Waals surface area contributed by atoms with Gasteiger partial charge in [-0.3, -0.25) is 16.0 Å². The van der Waals surface area contributed by atoms with Crippen molar-refractivity contribution >= 4 is 0 Å². The molecule has 5 heteroatoms. The highest BCUT2D eigenvalue weighted by atomic mass is 16.5. The molecule has 3 N–H and O–H groups in total. The lowest BCUT2D eigenvalue weighted by molar-refractivity contribution is 0.140. The smallest absolute Gasteiger partial charge is 0.0640 e. The highest BCUT2D eigenvalue weighted by molar-refractivity contribution is 5.02. The van der Waals surface area contributed by atoms with E-state index in [2.05, 4.69) is 22.4 Å². The molecule has 0 amide bonds. The zero-order valence-electron chi connectivity index (χ0n) is 13.3. The summed E-state index contributed by atoms with van der Waals surface area (Å²) in [4.78, 5) is 0. The number of nitrogens with zero attached hydrogens (tertiary/aromatic N) is 2. The summed E-state index contributed by atoms with van der Waals surface area (Å²) in [7, 11) is 0. The lowest BCUT2D eigenvalue weighted by Crippen LogP contribution is -2.37. The second-order valence-electron chi connectivity index (χ2n) is 5.99. The van der Waals surface area contributed by atoms with Crippen LogP contribution in [0.4, 0.5) is 0 Å². The molecule has 1 aliphatic rings. The summed E-state index contributed by atoms with van der Waals surface area (Å²) in [6, 6.07) is 3.02. The molecule has 1 aliphatic carbocycles. The van der Waals surface area contributed by atoms with Crippen molar-refractivity contribution in [2.45, 2.75) is 70.4 Å². The van der Waals surface area contributed by atoms with E-state index >= 15 is 0 Å². The molecule has 0 radical (unpaired) electrons. The van der Waals surface area contributed by atoms with Crippen LogP contribution in [0.15, 0.2) is 12.3 Å². The Balaban J connectivity index is 1.79. The quantitative estimate of drug-likeness (QED) is 0.417. The predicted molar refractivity (Wildman–Crippen MR) is 84.9 cm³/mol. The van der Waals surface area contributed by atoms with Crippen LogP contribution in [0.5, 0.6) is 0 Å². The van der Waals surface area contributed by atoms with Crippen molar-refractivity contribution in [3.05, 3.63) is 18.0 Å². The molecule has 1 aromatic heterocycles. The topological polar surface area (TPSA) is 65.1 Å². The third-order valence-corrected chi connectivity index (χ3v) is 4.35. The van der Waals surface area contributed by atoms with Gasteiger partial charge >= 0.3 is 0 Å². The van der Waals surface area contributed by atoms with Gasteiger partial charge in [-0.05, 0) is 38.7 Å². The number of ether oxygens (including phenoxy) is 1. The van der Waals surface area contributed by atoms with Crippen LogP contribution < -0.4 is 11.3 Å². The Morgan fingerprint density at radius 1 is 1.43 bits per heavy atom. The Bertz CT molecular complexity index is 387. The molecular weight excluding hydrogens is 264 g/mol. The van der Waals surface area contributed by atoms with Gasteiger partial charge in [0.25, 0.3) is 0 Å². The van der Waals surface area contributed by atoms with E-state index in [4.69, 9.17) is 15.7 Å². The van der Waals surface area contributed by atoms with Gasteiger partial charge in [-0.1, -0.05) is 19.3 Å². The van der Waals surface area contributed by atoms with Crippen LogP contribution in [-0.2, 0) is 11.2 Å². The van der Waals surface area contributed by atoms with Crippen molar-refractivity contribution in [1.82, 2.24) is 15.2 Å². The second kappa shape index (κ2) is 9.18. The molecule has 5 nitrogen and oxygen atoms in total. The van der Waals surface area contributed by atoms with E-state index in [1.165, 1.54) is 32.1 Å². The molecule has 1 atom stereocenters. The fraction of sp³-hybridized carbons (Fsp3) is 0.812. The molecule has 0 bridgehead atoms. The van der Waals surface area contributed by atoms with Crippen LogP contribution in [-0.4, -0.2) is 29.0 Å². The Morgan fingerprint density at radius 3 is 2.95 bits per heavy atom. The van der Waals surface area contributed by atoms with Gasteiger partial charge in [-0.15, -0.1) is 0 Å². The molecule has 0 spiro atoms. The first-order valence-corrected chi connectivity index (χ1v) is 8.41. The minimum atomic E-state index is 0.278. The summed E-state index contributed by atoms with van der Waals surface area (Å²) in [5.74, 6) is 5.66. The number of nitrogens with one attached hydrogen (secondary N) is 1. The van der Waals surface area contributed by atoms with E-state index in [0.29, 0.717) is 6.04 Å². The molecule has 0 saturated heterocycles. The number of rotatable bonds is 9. The second-order valence-corrected chi connectivity index (χ2v) is 5.99. The first kappa shape index (κ1) is 16.5. The van der Waals surface area contributed by atoms with Crippen LogP contribution in [0.3, 0.4) is 0 Å². The molecule has 1 saturated carbocycles. The summed E-state index contributed by atoms with van der Waals surface area (Å²) in [6.45, 7) is 3.62. The molecule has 0 aliphatic heterocycles. The van der Waals surface area contributed by atoms with Crippen molar-refractivity contribution in [2.75, 3.05) is 13.2 Å². The van der Waals surface area contributed by atoms with E-state index < -0.39 is 0 Å². The van der Waals surface area contributed by atoms with Crippen molar-refractivity contribution in [3.8, 4) is 0 Å². The molecule has 1 aromatic rings. The maximum Gasteiger partial charge on any atom is 0.0640 e. The molecule has 21 heavy (non-hydrogen) atoms. The summed E-state index contributed by atoms with van der Waals surface area (Å²) >= 11 is 0. The van der Waals surface area contributed by atoms with Gasteiger partial charge in [0.15, 0.2) is 0 Å². The predicted octanol–water partition coefficient (Wildman–Crippen LogP) is 2.58. The number of aromatic nitrogens is 2. The zero-order chi connectivity index (χ0) is 14.9. The van der Waals surface area contributed by atoms with Gasteiger partial charge < -0.3 is 4.74 Å². The van der Waals surface area contributed by atoms with Gasteiger partial charge in [-0.25, -0.2) is 0 Å². The molecule has 1 heterocycles. The van der Waals surface area contributed by atoms with Crippen molar-refractivity contribution in [3.63, 3.8) is 0 Å². The molecular formula is C16H30N4O. The van der Waals surface area contributed by atoms with Crippen LogP contribution in [0.1, 0.15) is 63.6 Å². The first-order chi connectivity index (χ1) is 10.3. The summed E-state index contributed by atoms with van der Waals surface area (Å²) in [5.41, 5.74) is 4.05. The van der Waals surface area contributed by atoms with Crippen LogP contribution in [0, 0.1) is 0 Å². The number of hydrogen-bond donors (Lipinski definition) is 2. The van der Waals surface area contributed by atoms with E-state index in [9.17, 15) is 0 Å². The number of nitrogens with two attached hydrogens (primary N) is 1. The third kappa shape index (κ3) is 5.41. The Hall–Kier alpha value is -0.910. The Morgan fingerprint density at radius 2 is 2.24 bits per heavy atom. The van der Waals surface area contributed by atoms with Crippen LogP contribution in [0.25, 0.3) is 0 Å². The summed E-state index contributed by atoms with van der Waals surface area (Å²) in [6.07, 6.45) is 11.7. The third-order valence-electron chi connectivity index (χ3n) is 4.35. The summed E-state index contributed by atoms with van der Waals surface area (Å²) < 4.78 is 7.54. The monoisotopic (exact) mass is 294 g/mol. The van der Waals surface area contributed by atoms with Gasteiger partial charge in [0.1, 0.15) is 0 Å². The number of hydrazine groups is 1.